The van der Waals surface area contributed by atoms with Crippen LogP contribution >= 0.6 is 0 Å². The van der Waals surface area contributed by atoms with E-state index in [0.717, 1.165) is 16.3 Å². The quantitative estimate of drug-likeness (QED) is 0.397. The van der Waals surface area contributed by atoms with E-state index in [1.165, 1.54) is 6.21 Å². The van der Waals surface area contributed by atoms with Crippen molar-refractivity contribution >= 4 is 22.8 Å². The van der Waals surface area contributed by atoms with Crippen LogP contribution in [0.1, 0.15) is 5.56 Å². The molecule has 0 aliphatic rings. The Bertz CT molecular complexity index is 495. The van der Waals surface area contributed by atoms with Crippen molar-refractivity contribution in [3.05, 3.63) is 30.0 Å². The molecule has 0 spiro atoms. The number of hydrogen-bond acceptors (Lipinski definition) is 5. The first kappa shape index (κ1) is 8.43. The maximum Gasteiger partial charge on any atom is 0.153 e. The van der Waals surface area contributed by atoms with Gasteiger partial charge in [0.15, 0.2) is 5.82 Å². The maximum atomic E-state index is 8.36. The van der Waals surface area contributed by atoms with Crippen molar-refractivity contribution in [2.45, 2.75) is 0 Å². The number of rotatable bonds is 1. The van der Waals surface area contributed by atoms with E-state index in [4.69, 9.17) is 10.9 Å². The molecule has 70 valence electrons. The highest BCUT2D eigenvalue weighted by Gasteiger charge is 1.99. The largest absolute Gasteiger partial charge is 0.411 e. The molecule has 0 aliphatic heterocycles. The molecule has 5 heteroatoms. The van der Waals surface area contributed by atoms with Crippen LogP contribution in [0.4, 0.5) is 5.82 Å². The normalized spacial score (nSPS) is 11.1. The fraction of sp³-hybridized carbons (Fsp3) is 0. The van der Waals surface area contributed by atoms with Crippen molar-refractivity contribution in [1.82, 2.24) is 10.2 Å². The minimum absolute atomic E-state index is 0.398. The molecule has 0 radical (unpaired) electrons. The Morgan fingerprint density at radius 3 is 3.07 bits per heavy atom. The lowest BCUT2D eigenvalue weighted by atomic mass is 10.1. The van der Waals surface area contributed by atoms with Crippen molar-refractivity contribution in [3.63, 3.8) is 0 Å². The molecular weight excluding hydrogens is 180 g/mol. The summed E-state index contributed by atoms with van der Waals surface area (Å²) in [7, 11) is 0. The first-order valence-electron chi connectivity index (χ1n) is 3.99. The van der Waals surface area contributed by atoms with Crippen LogP contribution in [0.2, 0.25) is 0 Å². The second-order valence-corrected chi connectivity index (χ2v) is 2.82. The Labute approximate surface area is 79.9 Å². The van der Waals surface area contributed by atoms with Crippen LogP contribution < -0.4 is 5.73 Å². The third kappa shape index (κ3) is 1.35. The summed E-state index contributed by atoms with van der Waals surface area (Å²) in [6.45, 7) is 0. The Hall–Kier alpha value is -2.17. The molecule has 14 heavy (non-hydrogen) atoms. The molecule has 5 nitrogen and oxygen atoms in total. The minimum atomic E-state index is 0.398. The zero-order chi connectivity index (χ0) is 9.97. The predicted octanol–water partition coefficient (Wildman–Crippen LogP) is 1.02. The molecule has 1 aromatic carbocycles. The summed E-state index contributed by atoms with van der Waals surface area (Å²) in [5, 5.41) is 20.5. The van der Waals surface area contributed by atoms with E-state index >= 15 is 0 Å². The zero-order valence-electron chi connectivity index (χ0n) is 7.25. The monoisotopic (exact) mass is 188 g/mol. The summed E-state index contributed by atoms with van der Waals surface area (Å²) in [4.78, 5) is 0. The molecule has 2 aromatic rings. The summed E-state index contributed by atoms with van der Waals surface area (Å²) in [5.41, 5.74) is 6.41. The number of benzene rings is 1. The lowest BCUT2D eigenvalue weighted by molar-refractivity contribution is 0.322. The first-order chi connectivity index (χ1) is 6.81. The highest BCUT2D eigenvalue weighted by Crippen LogP contribution is 2.17. The summed E-state index contributed by atoms with van der Waals surface area (Å²) in [6, 6.07) is 5.43. The zero-order valence-corrected chi connectivity index (χ0v) is 7.25. The molecule has 0 saturated heterocycles. The van der Waals surface area contributed by atoms with E-state index in [-0.39, 0.29) is 0 Å². The van der Waals surface area contributed by atoms with Crippen molar-refractivity contribution in [2.75, 3.05) is 5.73 Å². The molecule has 0 unspecified atom stereocenters. The first-order valence-corrected chi connectivity index (χ1v) is 3.99. The molecule has 1 heterocycles. The van der Waals surface area contributed by atoms with Crippen molar-refractivity contribution in [3.8, 4) is 0 Å². The van der Waals surface area contributed by atoms with Gasteiger partial charge < -0.3 is 10.9 Å². The van der Waals surface area contributed by atoms with Gasteiger partial charge in [0.2, 0.25) is 0 Å². The molecule has 1 aromatic heterocycles. The lowest BCUT2D eigenvalue weighted by Gasteiger charge is -1.99. The van der Waals surface area contributed by atoms with Gasteiger partial charge in [0.25, 0.3) is 0 Å². The molecule has 0 saturated carbocycles. The molecule has 0 fully saturated rings. The Balaban J connectivity index is 2.67. The van der Waals surface area contributed by atoms with E-state index < -0.39 is 0 Å². The average molecular weight is 188 g/mol. The smallest absolute Gasteiger partial charge is 0.153 e. The van der Waals surface area contributed by atoms with Crippen LogP contribution in [0.25, 0.3) is 10.8 Å². The third-order valence-corrected chi connectivity index (χ3v) is 1.92. The number of aromatic nitrogens is 2. The van der Waals surface area contributed by atoms with Crippen LogP contribution in [0.15, 0.2) is 29.6 Å². The van der Waals surface area contributed by atoms with Crippen molar-refractivity contribution in [1.29, 1.82) is 0 Å². The van der Waals surface area contributed by atoms with Gasteiger partial charge in [0.05, 0.1) is 12.4 Å². The number of nitrogen functional groups attached to an aromatic ring is 1. The molecule has 0 aliphatic carbocycles. The van der Waals surface area contributed by atoms with Gasteiger partial charge in [-0.1, -0.05) is 11.2 Å². The third-order valence-electron chi connectivity index (χ3n) is 1.92. The second-order valence-electron chi connectivity index (χ2n) is 2.82. The number of oxime groups is 1. The number of hydrogen-bond donors (Lipinski definition) is 2. The second kappa shape index (κ2) is 3.29. The highest BCUT2D eigenvalue weighted by atomic mass is 16.4. The van der Waals surface area contributed by atoms with E-state index in [9.17, 15) is 0 Å². The Morgan fingerprint density at radius 1 is 1.43 bits per heavy atom. The molecule has 0 atom stereocenters. The summed E-state index contributed by atoms with van der Waals surface area (Å²) < 4.78 is 0. The molecular formula is C9H8N4O. The lowest BCUT2D eigenvalue weighted by Crippen LogP contribution is -1.94. The number of nitrogens with two attached hydrogens (primary N) is 1. The summed E-state index contributed by atoms with van der Waals surface area (Å²) >= 11 is 0. The fourth-order valence-electron chi connectivity index (χ4n) is 1.28. The maximum absolute atomic E-state index is 8.36. The van der Waals surface area contributed by atoms with E-state index in [2.05, 4.69) is 15.4 Å². The average Bonchev–Trinajstić information content (AvgIpc) is 2.18. The molecule has 3 N–H and O–H groups in total. The van der Waals surface area contributed by atoms with Crippen molar-refractivity contribution in [2.24, 2.45) is 5.16 Å². The molecule has 0 bridgehead atoms. The number of anilines is 1. The van der Waals surface area contributed by atoms with Gasteiger partial charge in [-0.2, -0.15) is 5.10 Å². The standard InChI is InChI=1S/C9H8N4O/c10-9-8-2-1-6(4-12-14)3-7(8)5-11-13-9/h1-5,14H,(H2,10,13). The van der Waals surface area contributed by atoms with Crippen LogP contribution in [0.3, 0.4) is 0 Å². The summed E-state index contributed by atoms with van der Waals surface area (Å²) in [6.07, 6.45) is 2.95. The number of nitrogens with zero attached hydrogens (tertiary/aromatic N) is 3. The van der Waals surface area contributed by atoms with Gasteiger partial charge in [0, 0.05) is 10.8 Å². The van der Waals surface area contributed by atoms with Crippen LogP contribution in [-0.4, -0.2) is 21.6 Å². The molecule has 2 rings (SSSR count). The number of fused-ring (bicyclic) bond motifs is 1. The van der Waals surface area contributed by atoms with E-state index in [0.29, 0.717) is 5.82 Å². The fourth-order valence-corrected chi connectivity index (χ4v) is 1.28. The van der Waals surface area contributed by atoms with Gasteiger partial charge in [0.1, 0.15) is 0 Å². The Kier molecular flexibility index (Phi) is 1.98. The van der Waals surface area contributed by atoms with Gasteiger partial charge in [-0.15, -0.1) is 5.10 Å². The molecule has 0 amide bonds. The van der Waals surface area contributed by atoms with Gasteiger partial charge >= 0.3 is 0 Å². The topological polar surface area (TPSA) is 84.4 Å². The predicted molar refractivity (Wildman–Crippen MR) is 53.3 cm³/mol. The highest BCUT2D eigenvalue weighted by molar-refractivity contribution is 5.94. The van der Waals surface area contributed by atoms with Gasteiger partial charge in [-0.25, -0.2) is 0 Å². The van der Waals surface area contributed by atoms with Crippen LogP contribution in [0.5, 0.6) is 0 Å². The minimum Gasteiger partial charge on any atom is -0.411 e. The van der Waals surface area contributed by atoms with Gasteiger partial charge in [-0.05, 0) is 17.7 Å². The van der Waals surface area contributed by atoms with Crippen LogP contribution in [-0.2, 0) is 0 Å². The van der Waals surface area contributed by atoms with Gasteiger partial charge in [-0.3, -0.25) is 0 Å². The Morgan fingerprint density at radius 2 is 2.29 bits per heavy atom. The van der Waals surface area contributed by atoms with E-state index in [1.807, 2.05) is 12.1 Å². The summed E-state index contributed by atoms with van der Waals surface area (Å²) in [5.74, 6) is 0.398. The van der Waals surface area contributed by atoms with Crippen molar-refractivity contribution < 1.29 is 5.21 Å². The van der Waals surface area contributed by atoms with E-state index in [1.54, 1.807) is 12.3 Å². The van der Waals surface area contributed by atoms with Crippen LogP contribution in [0, 0.1) is 0 Å². The SMILES string of the molecule is Nc1nncc2cc(C=NO)ccc12.